The van der Waals surface area contributed by atoms with E-state index < -0.39 is 0 Å². The Bertz CT molecular complexity index is 590. The van der Waals surface area contributed by atoms with Crippen molar-refractivity contribution < 1.29 is 0 Å². The smallest absolute Gasteiger partial charge is 0.0961 e. The summed E-state index contributed by atoms with van der Waals surface area (Å²) in [5.41, 5.74) is 4.94. The van der Waals surface area contributed by atoms with E-state index in [1.54, 1.807) is 0 Å². The Morgan fingerprint density at radius 2 is 2.11 bits per heavy atom. The van der Waals surface area contributed by atoms with Crippen LogP contribution in [0.15, 0.2) is 54.4 Å². The van der Waals surface area contributed by atoms with Gasteiger partial charge in [0.2, 0.25) is 0 Å². The molecule has 0 N–H and O–H groups in total. The van der Waals surface area contributed by atoms with Crippen LogP contribution in [0.2, 0.25) is 0 Å². The molecular formula is C17H22N2. The molecular weight excluding hydrogens is 232 g/mol. The lowest BCUT2D eigenvalue weighted by molar-refractivity contribution is 0.783. The molecule has 2 aromatic rings. The summed E-state index contributed by atoms with van der Waals surface area (Å²) in [4.78, 5) is 4.42. The largest absolute Gasteiger partial charge is 0.326 e. The van der Waals surface area contributed by atoms with E-state index in [0.29, 0.717) is 0 Å². The second kappa shape index (κ2) is 6.37. The minimum absolute atomic E-state index is 0.924. The standard InChI is InChI=1S/C17H22N2/c1-14(2)8-4-5-9-15(3)12-19-13-18-16-10-6-7-11-17(16)19/h6-7,9-11,13H,1,4-5,8,12H2,2-3H3. The Balaban J connectivity index is 1.96. The number of aromatic nitrogens is 2. The second-order valence-electron chi connectivity index (χ2n) is 5.26. The van der Waals surface area contributed by atoms with Crippen molar-refractivity contribution in [3.8, 4) is 0 Å². The van der Waals surface area contributed by atoms with Crippen molar-refractivity contribution in [2.24, 2.45) is 0 Å². The predicted octanol–water partition coefficient (Wildman–Crippen LogP) is 4.73. The number of fused-ring (bicyclic) bond motifs is 1. The fraction of sp³-hybridized carbons (Fsp3) is 0.353. The molecule has 1 aromatic carbocycles. The fourth-order valence-electron chi connectivity index (χ4n) is 2.22. The lowest BCUT2D eigenvalue weighted by Gasteiger charge is -2.05. The Labute approximate surface area is 115 Å². The Morgan fingerprint density at radius 1 is 1.32 bits per heavy atom. The van der Waals surface area contributed by atoms with E-state index in [1.807, 2.05) is 12.4 Å². The number of allylic oxidation sites excluding steroid dienone is 3. The number of rotatable bonds is 6. The van der Waals surface area contributed by atoms with Crippen LogP contribution in [-0.2, 0) is 6.54 Å². The third kappa shape index (κ3) is 3.82. The van der Waals surface area contributed by atoms with E-state index in [-0.39, 0.29) is 0 Å². The minimum Gasteiger partial charge on any atom is -0.326 e. The highest BCUT2D eigenvalue weighted by molar-refractivity contribution is 5.74. The fourth-order valence-corrected chi connectivity index (χ4v) is 2.22. The summed E-state index contributed by atoms with van der Waals surface area (Å²) < 4.78 is 2.21. The lowest BCUT2D eigenvalue weighted by Crippen LogP contribution is -1.97. The van der Waals surface area contributed by atoms with Crippen LogP contribution in [0.1, 0.15) is 33.1 Å². The number of hydrogen-bond donors (Lipinski definition) is 0. The number of nitrogens with zero attached hydrogens (tertiary/aromatic N) is 2. The molecule has 0 fully saturated rings. The van der Waals surface area contributed by atoms with Gasteiger partial charge in [0.05, 0.1) is 17.4 Å². The third-order valence-electron chi connectivity index (χ3n) is 3.25. The SMILES string of the molecule is C=C(C)CCCC=C(C)Cn1cnc2ccccc21. The van der Waals surface area contributed by atoms with Gasteiger partial charge in [0.1, 0.15) is 0 Å². The van der Waals surface area contributed by atoms with E-state index in [0.717, 1.165) is 24.9 Å². The van der Waals surface area contributed by atoms with Gasteiger partial charge in [-0.2, -0.15) is 0 Å². The highest BCUT2D eigenvalue weighted by Crippen LogP contribution is 2.14. The van der Waals surface area contributed by atoms with E-state index in [9.17, 15) is 0 Å². The van der Waals surface area contributed by atoms with E-state index >= 15 is 0 Å². The van der Waals surface area contributed by atoms with Gasteiger partial charge in [0, 0.05) is 6.54 Å². The van der Waals surface area contributed by atoms with Gasteiger partial charge in [-0.1, -0.05) is 29.4 Å². The van der Waals surface area contributed by atoms with Gasteiger partial charge in [-0.05, 0) is 45.2 Å². The molecule has 0 amide bonds. The van der Waals surface area contributed by atoms with Crippen molar-refractivity contribution in [1.29, 1.82) is 0 Å². The second-order valence-corrected chi connectivity index (χ2v) is 5.26. The molecule has 0 unspecified atom stereocenters. The zero-order valence-corrected chi connectivity index (χ0v) is 11.9. The molecule has 19 heavy (non-hydrogen) atoms. The number of benzene rings is 1. The zero-order chi connectivity index (χ0) is 13.7. The summed E-state index contributed by atoms with van der Waals surface area (Å²) in [5, 5.41) is 0. The van der Waals surface area contributed by atoms with Crippen molar-refractivity contribution >= 4 is 11.0 Å². The highest BCUT2D eigenvalue weighted by Gasteiger charge is 2.01. The van der Waals surface area contributed by atoms with Gasteiger partial charge < -0.3 is 4.57 Å². The maximum Gasteiger partial charge on any atom is 0.0961 e. The average molecular weight is 254 g/mol. The lowest BCUT2D eigenvalue weighted by atomic mass is 10.1. The van der Waals surface area contributed by atoms with Crippen molar-refractivity contribution in [2.45, 2.75) is 39.7 Å². The summed E-state index contributed by atoms with van der Waals surface area (Å²) in [6.45, 7) is 9.14. The molecule has 100 valence electrons. The predicted molar refractivity (Wildman–Crippen MR) is 82.2 cm³/mol. The summed E-state index contributed by atoms with van der Waals surface area (Å²) in [5.74, 6) is 0. The van der Waals surface area contributed by atoms with Crippen LogP contribution in [-0.4, -0.2) is 9.55 Å². The molecule has 0 aliphatic rings. The first-order chi connectivity index (χ1) is 9.16. The number of imidazole rings is 1. The van der Waals surface area contributed by atoms with Crippen molar-refractivity contribution in [1.82, 2.24) is 9.55 Å². The van der Waals surface area contributed by atoms with Crippen LogP contribution in [0, 0.1) is 0 Å². The van der Waals surface area contributed by atoms with E-state index in [4.69, 9.17) is 0 Å². The van der Waals surface area contributed by atoms with Gasteiger partial charge in [0.25, 0.3) is 0 Å². The molecule has 0 aliphatic heterocycles. The van der Waals surface area contributed by atoms with Crippen molar-refractivity contribution in [2.75, 3.05) is 0 Å². The van der Waals surface area contributed by atoms with Gasteiger partial charge in [0.15, 0.2) is 0 Å². The van der Waals surface area contributed by atoms with Crippen LogP contribution in [0.4, 0.5) is 0 Å². The summed E-state index contributed by atoms with van der Waals surface area (Å²) >= 11 is 0. The first kappa shape index (κ1) is 13.6. The molecule has 1 aromatic heterocycles. The van der Waals surface area contributed by atoms with Crippen LogP contribution >= 0.6 is 0 Å². The zero-order valence-electron chi connectivity index (χ0n) is 11.9. The van der Waals surface area contributed by atoms with Crippen LogP contribution in [0.3, 0.4) is 0 Å². The average Bonchev–Trinajstić information content (AvgIpc) is 2.78. The van der Waals surface area contributed by atoms with Gasteiger partial charge >= 0.3 is 0 Å². The third-order valence-corrected chi connectivity index (χ3v) is 3.25. The first-order valence-corrected chi connectivity index (χ1v) is 6.86. The number of hydrogen-bond acceptors (Lipinski definition) is 1. The Kier molecular flexibility index (Phi) is 4.56. The summed E-state index contributed by atoms with van der Waals surface area (Å²) in [6, 6.07) is 8.26. The minimum atomic E-state index is 0.924. The molecule has 0 atom stereocenters. The molecule has 0 aliphatic carbocycles. The maximum absolute atomic E-state index is 4.42. The molecule has 2 heteroatoms. The van der Waals surface area contributed by atoms with E-state index in [2.05, 4.69) is 54.3 Å². The van der Waals surface area contributed by atoms with Crippen LogP contribution in [0.5, 0.6) is 0 Å². The molecule has 1 heterocycles. The van der Waals surface area contributed by atoms with Gasteiger partial charge in [-0.15, -0.1) is 6.58 Å². The van der Waals surface area contributed by atoms with Crippen molar-refractivity contribution in [3.63, 3.8) is 0 Å². The molecule has 2 rings (SSSR count). The van der Waals surface area contributed by atoms with Crippen LogP contribution < -0.4 is 0 Å². The monoisotopic (exact) mass is 254 g/mol. The highest BCUT2D eigenvalue weighted by atomic mass is 15.0. The summed E-state index contributed by atoms with van der Waals surface area (Å²) in [6.07, 6.45) is 7.70. The topological polar surface area (TPSA) is 17.8 Å². The first-order valence-electron chi connectivity index (χ1n) is 6.86. The van der Waals surface area contributed by atoms with Gasteiger partial charge in [-0.25, -0.2) is 4.98 Å². The Morgan fingerprint density at radius 3 is 2.89 bits per heavy atom. The molecule has 0 saturated heterocycles. The van der Waals surface area contributed by atoms with Gasteiger partial charge in [-0.3, -0.25) is 0 Å². The molecule has 0 radical (unpaired) electrons. The Hall–Kier alpha value is -1.83. The molecule has 0 bridgehead atoms. The van der Waals surface area contributed by atoms with Crippen molar-refractivity contribution in [3.05, 3.63) is 54.4 Å². The number of para-hydroxylation sites is 2. The van der Waals surface area contributed by atoms with E-state index in [1.165, 1.54) is 23.1 Å². The normalized spacial score (nSPS) is 12.0. The molecule has 0 spiro atoms. The molecule has 0 saturated carbocycles. The maximum atomic E-state index is 4.42. The van der Waals surface area contributed by atoms with Crippen LogP contribution in [0.25, 0.3) is 11.0 Å². The quantitative estimate of drug-likeness (QED) is 0.538. The summed E-state index contributed by atoms with van der Waals surface area (Å²) in [7, 11) is 0. The number of unbranched alkanes of at least 4 members (excludes halogenated alkanes) is 1. The molecule has 2 nitrogen and oxygen atoms in total.